The van der Waals surface area contributed by atoms with Crippen LogP contribution in [-0.4, -0.2) is 68.5 Å². The van der Waals surface area contributed by atoms with Gasteiger partial charge in [0, 0.05) is 6.20 Å². The van der Waals surface area contributed by atoms with Gasteiger partial charge in [0.15, 0.2) is 11.8 Å². The maximum Gasteiger partial charge on any atom is 0.459 e. The van der Waals surface area contributed by atoms with Gasteiger partial charge >= 0.3 is 19.4 Å². The highest BCUT2D eigenvalue weighted by Crippen LogP contribution is 2.49. The first-order chi connectivity index (χ1) is 17.8. The van der Waals surface area contributed by atoms with Crippen LogP contribution in [0.25, 0.3) is 0 Å². The molecule has 1 saturated heterocycles. The summed E-state index contributed by atoms with van der Waals surface area (Å²) in [6.45, 7) is 4.50. The largest absolute Gasteiger partial charge is 0.462 e. The van der Waals surface area contributed by atoms with Crippen LogP contribution in [0.3, 0.4) is 0 Å². The molecule has 1 aliphatic rings. The van der Waals surface area contributed by atoms with Crippen LogP contribution in [0.1, 0.15) is 33.9 Å². The number of nitrogens with two attached hydrogens (primary N) is 1. The zero-order valence-electron chi connectivity index (χ0n) is 21.3. The van der Waals surface area contributed by atoms with E-state index in [4.69, 9.17) is 24.3 Å². The number of hydrogen-bond donors (Lipinski definition) is 4. The fourth-order valence-corrected chi connectivity index (χ4v) is 5.49. The molecular weight excluding hydrogens is 526 g/mol. The normalized spacial score (nSPS) is 26.5. The van der Waals surface area contributed by atoms with Gasteiger partial charge in [0.1, 0.15) is 36.5 Å². The third kappa shape index (κ3) is 6.57. The third-order valence-corrected chi connectivity index (χ3v) is 7.41. The molecule has 1 aromatic carbocycles. The zero-order chi connectivity index (χ0) is 28.3. The van der Waals surface area contributed by atoms with Crippen LogP contribution >= 0.6 is 7.75 Å². The van der Waals surface area contributed by atoms with E-state index in [9.17, 15) is 28.8 Å². The van der Waals surface area contributed by atoms with E-state index in [0.29, 0.717) is 0 Å². The van der Waals surface area contributed by atoms with Crippen molar-refractivity contribution in [3.05, 3.63) is 53.1 Å². The van der Waals surface area contributed by atoms with Gasteiger partial charge in [-0.2, -0.15) is 10.1 Å². The van der Waals surface area contributed by atoms with Gasteiger partial charge in [-0.25, -0.2) is 13.8 Å². The number of esters is 1. The van der Waals surface area contributed by atoms with Gasteiger partial charge in [0.2, 0.25) is 0 Å². The molecule has 210 valence electrons. The Balaban J connectivity index is 1.88. The van der Waals surface area contributed by atoms with E-state index in [-0.39, 0.29) is 11.6 Å². The van der Waals surface area contributed by atoms with Crippen molar-refractivity contribution in [3.8, 4) is 5.75 Å². The van der Waals surface area contributed by atoms with Gasteiger partial charge in [-0.05, 0) is 45.9 Å². The number of nitrogens with zero attached hydrogens (tertiary/aromatic N) is 2. The number of aliphatic hydroxyl groups is 2. The summed E-state index contributed by atoms with van der Waals surface area (Å²) in [6, 6.07) is 8.01. The minimum atomic E-state index is -4.40. The number of carbonyl (C=O) groups excluding carboxylic acids is 1. The molecule has 2 unspecified atom stereocenters. The number of nitrogen functional groups attached to an aromatic ring is 1. The Morgan fingerprint density at radius 3 is 2.53 bits per heavy atom. The van der Waals surface area contributed by atoms with Crippen molar-refractivity contribution < 1.29 is 42.5 Å². The topological polar surface area (TPSA) is 184 Å². The summed E-state index contributed by atoms with van der Waals surface area (Å²) in [7, 11) is -4.40. The van der Waals surface area contributed by atoms with Crippen LogP contribution in [0.2, 0.25) is 0 Å². The Morgan fingerprint density at radius 2 is 1.95 bits per heavy atom. The molecule has 0 saturated carbocycles. The molecule has 0 aliphatic carbocycles. The van der Waals surface area contributed by atoms with Crippen LogP contribution in [0.4, 0.5) is 10.2 Å². The fourth-order valence-electron chi connectivity index (χ4n) is 3.80. The summed E-state index contributed by atoms with van der Waals surface area (Å²) in [5.41, 5.74) is 1.95. The molecule has 13 nitrogen and oxygen atoms in total. The maximum absolute atomic E-state index is 14.1. The standard InChI is InChI=1S/C23H32FN4O9P/c1-13(2)34-20(30)14(3)27-38(33,37-16-8-6-5-7-9-16)36-15(4)18-19(29)23(32,12-24)21(35-18)28-11-10-17(25)26-22(28)31/h5-11,13-15,18-19,21,29,32H,12H2,1-4H3,(H,27,33)(H2,25,26,31)/t14-,15+,18+,19?,21+,23+,38?/m0/s1. The quantitative estimate of drug-likeness (QED) is 0.229. The van der Waals surface area contributed by atoms with E-state index in [2.05, 4.69) is 10.1 Å². The van der Waals surface area contributed by atoms with Gasteiger partial charge in [0.05, 0.1) is 12.2 Å². The van der Waals surface area contributed by atoms with E-state index in [1.807, 2.05) is 0 Å². The van der Waals surface area contributed by atoms with Gasteiger partial charge in [-0.1, -0.05) is 18.2 Å². The SMILES string of the molecule is CC(C)OC(=O)[C@H](C)NP(=O)(Oc1ccccc1)O[C@H](C)[C@H]1O[C@@H](n2ccc(N)nc2=O)[C@@](O)(CF)C1O. The molecule has 0 spiro atoms. The van der Waals surface area contributed by atoms with Crippen molar-refractivity contribution in [2.24, 2.45) is 0 Å². The molecule has 3 rings (SSSR count). The van der Waals surface area contributed by atoms with Crippen molar-refractivity contribution in [2.75, 3.05) is 12.4 Å². The molecule has 0 bridgehead atoms. The summed E-state index contributed by atoms with van der Waals surface area (Å²) in [4.78, 5) is 28.2. The summed E-state index contributed by atoms with van der Waals surface area (Å²) in [5, 5.41) is 24.3. The van der Waals surface area contributed by atoms with Crippen LogP contribution in [0, 0.1) is 0 Å². The Kier molecular flexibility index (Phi) is 9.29. The lowest BCUT2D eigenvalue weighted by atomic mass is 9.93. The molecule has 38 heavy (non-hydrogen) atoms. The Labute approximate surface area is 218 Å². The minimum Gasteiger partial charge on any atom is -0.462 e. The van der Waals surface area contributed by atoms with Gasteiger partial charge in [-0.15, -0.1) is 0 Å². The van der Waals surface area contributed by atoms with E-state index >= 15 is 0 Å². The molecule has 1 aliphatic heterocycles. The lowest BCUT2D eigenvalue weighted by Gasteiger charge is -2.30. The molecule has 5 N–H and O–H groups in total. The second kappa shape index (κ2) is 11.9. The van der Waals surface area contributed by atoms with Crippen LogP contribution < -0.4 is 21.0 Å². The number of carbonyl (C=O) groups is 1. The van der Waals surface area contributed by atoms with Crippen LogP contribution in [-0.2, 0) is 23.4 Å². The highest BCUT2D eigenvalue weighted by atomic mass is 31.2. The molecule has 1 aromatic heterocycles. The Hall–Kier alpha value is -2.87. The minimum absolute atomic E-state index is 0.114. The number of halogens is 1. The first-order valence-electron chi connectivity index (χ1n) is 11.8. The molecule has 0 amide bonds. The fraction of sp³-hybridized carbons (Fsp3) is 0.522. The second-order valence-electron chi connectivity index (χ2n) is 9.11. The van der Waals surface area contributed by atoms with Crippen LogP contribution in [0.15, 0.2) is 47.4 Å². The number of anilines is 1. The molecular formula is C23H32FN4O9P. The van der Waals surface area contributed by atoms with E-state index in [0.717, 1.165) is 10.8 Å². The lowest BCUT2D eigenvalue weighted by Crippen LogP contribution is -2.51. The van der Waals surface area contributed by atoms with Gasteiger partial charge < -0.3 is 29.9 Å². The molecule has 2 heterocycles. The highest BCUT2D eigenvalue weighted by molar-refractivity contribution is 7.52. The Bertz CT molecular complexity index is 1220. The zero-order valence-corrected chi connectivity index (χ0v) is 22.2. The third-order valence-electron chi connectivity index (χ3n) is 5.65. The summed E-state index contributed by atoms with van der Waals surface area (Å²) in [5.74, 6) is -0.713. The maximum atomic E-state index is 14.1. The predicted octanol–water partition coefficient (Wildman–Crippen LogP) is 1.31. The second-order valence-corrected chi connectivity index (χ2v) is 10.8. The number of alkyl halides is 1. The number of ether oxygens (including phenoxy) is 2. The van der Waals surface area contributed by atoms with E-state index in [1.165, 1.54) is 32.0 Å². The van der Waals surface area contributed by atoms with Gasteiger partial charge in [-0.3, -0.25) is 13.9 Å². The number of hydrogen-bond acceptors (Lipinski definition) is 11. The molecule has 2 aromatic rings. The Morgan fingerprint density at radius 1 is 1.29 bits per heavy atom. The smallest absolute Gasteiger partial charge is 0.459 e. The lowest BCUT2D eigenvalue weighted by molar-refractivity contribution is -0.149. The average Bonchev–Trinajstić information content (AvgIpc) is 3.10. The van der Waals surface area contributed by atoms with Crippen molar-refractivity contribution in [2.45, 2.75) is 70.0 Å². The summed E-state index contributed by atoms with van der Waals surface area (Å²) >= 11 is 0. The van der Waals surface area contributed by atoms with E-state index in [1.54, 1.807) is 32.0 Å². The number of aliphatic hydroxyl groups excluding tert-OH is 1. The van der Waals surface area contributed by atoms with Crippen molar-refractivity contribution in [1.29, 1.82) is 0 Å². The molecule has 7 atom stereocenters. The number of aromatic nitrogens is 2. The highest BCUT2D eigenvalue weighted by Gasteiger charge is 2.59. The van der Waals surface area contributed by atoms with Crippen molar-refractivity contribution >= 4 is 19.5 Å². The first kappa shape index (κ1) is 29.7. The molecule has 0 radical (unpaired) electrons. The molecule has 1 fully saturated rings. The average molecular weight is 559 g/mol. The predicted molar refractivity (Wildman–Crippen MR) is 133 cm³/mol. The van der Waals surface area contributed by atoms with Crippen molar-refractivity contribution in [3.63, 3.8) is 0 Å². The first-order valence-corrected chi connectivity index (χ1v) is 13.3. The van der Waals surface area contributed by atoms with Crippen molar-refractivity contribution in [1.82, 2.24) is 14.6 Å². The van der Waals surface area contributed by atoms with Gasteiger partial charge in [0.25, 0.3) is 0 Å². The number of rotatable bonds is 11. The number of benzene rings is 1. The number of para-hydroxylation sites is 1. The molecule has 15 heteroatoms. The summed E-state index contributed by atoms with van der Waals surface area (Å²) in [6.07, 6.45) is -5.81. The monoisotopic (exact) mass is 558 g/mol. The number of nitrogens with one attached hydrogen (secondary N) is 1. The van der Waals surface area contributed by atoms with E-state index < -0.39 is 68.4 Å². The summed E-state index contributed by atoms with van der Waals surface area (Å²) < 4.78 is 50.7. The van der Waals surface area contributed by atoms with Crippen LogP contribution in [0.5, 0.6) is 5.75 Å².